The van der Waals surface area contributed by atoms with Crippen molar-refractivity contribution < 1.29 is 14.0 Å². The SMILES string of the molecule is CN1C(=O)NC(=O)C1(C)c1ccccc1F. The van der Waals surface area contributed by atoms with Gasteiger partial charge < -0.3 is 4.90 Å². The molecule has 2 rings (SSSR count). The highest BCUT2D eigenvalue weighted by molar-refractivity contribution is 6.07. The maximum absolute atomic E-state index is 13.6. The Morgan fingerprint density at radius 1 is 1.31 bits per heavy atom. The molecule has 1 aromatic carbocycles. The summed E-state index contributed by atoms with van der Waals surface area (Å²) in [7, 11) is 1.46. The van der Waals surface area contributed by atoms with E-state index >= 15 is 0 Å². The highest BCUT2D eigenvalue weighted by Gasteiger charge is 2.49. The van der Waals surface area contributed by atoms with Crippen molar-refractivity contribution in [1.29, 1.82) is 0 Å². The summed E-state index contributed by atoms with van der Waals surface area (Å²) < 4.78 is 13.6. The standard InChI is InChI=1S/C11H11FN2O2/c1-11(7-5-3-4-6-8(7)12)9(15)13-10(16)14(11)2/h3-6H,1-2H3,(H,13,15,16). The van der Waals surface area contributed by atoms with Crippen molar-refractivity contribution in [3.05, 3.63) is 35.6 Å². The molecule has 1 aliphatic rings. The highest BCUT2D eigenvalue weighted by Crippen LogP contribution is 2.32. The molecular weight excluding hydrogens is 211 g/mol. The van der Waals surface area contributed by atoms with E-state index in [1.54, 1.807) is 6.07 Å². The van der Waals surface area contributed by atoms with Crippen LogP contribution in [0, 0.1) is 5.82 Å². The molecule has 1 aromatic rings. The van der Waals surface area contributed by atoms with E-state index in [2.05, 4.69) is 5.32 Å². The van der Waals surface area contributed by atoms with Gasteiger partial charge in [-0.05, 0) is 13.0 Å². The Hall–Kier alpha value is -1.91. The predicted octanol–water partition coefficient (Wildman–Crippen LogP) is 1.22. The van der Waals surface area contributed by atoms with Gasteiger partial charge in [0.05, 0.1) is 0 Å². The molecule has 0 radical (unpaired) electrons. The number of hydrogen-bond donors (Lipinski definition) is 1. The maximum atomic E-state index is 13.6. The summed E-state index contributed by atoms with van der Waals surface area (Å²) in [6.45, 7) is 1.52. The highest BCUT2D eigenvalue weighted by atomic mass is 19.1. The quantitative estimate of drug-likeness (QED) is 0.726. The van der Waals surface area contributed by atoms with Crippen LogP contribution in [0.25, 0.3) is 0 Å². The second-order valence-corrected chi connectivity index (χ2v) is 3.87. The van der Waals surface area contributed by atoms with Crippen molar-refractivity contribution in [2.24, 2.45) is 0 Å². The zero-order valence-corrected chi connectivity index (χ0v) is 8.95. The van der Waals surface area contributed by atoms with E-state index in [1.165, 1.54) is 37.1 Å². The molecule has 84 valence electrons. The first-order valence-corrected chi connectivity index (χ1v) is 4.82. The van der Waals surface area contributed by atoms with E-state index in [-0.39, 0.29) is 5.56 Å². The Bertz CT molecular complexity index is 475. The molecule has 0 aromatic heterocycles. The minimum Gasteiger partial charge on any atom is -0.309 e. The summed E-state index contributed by atoms with van der Waals surface area (Å²) in [5.41, 5.74) is -1.08. The lowest BCUT2D eigenvalue weighted by atomic mass is 9.90. The normalized spacial score (nSPS) is 24.8. The van der Waals surface area contributed by atoms with Crippen LogP contribution in [0.4, 0.5) is 9.18 Å². The molecule has 5 heteroatoms. The summed E-state index contributed by atoms with van der Waals surface area (Å²) in [6.07, 6.45) is 0. The van der Waals surface area contributed by atoms with Gasteiger partial charge >= 0.3 is 6.03 Å². The Labute approximate surface area is 92.0 Å². The van der Waals surface area contributed by atoms with Gasteiger partial charge in [-0.3, -0.25) is 10.1 Å². The third-order valence-corrected chi connectivity index (χ3v) is 3.04. The fraction of sp³-hybridized carbons (Fsp3) is 0.273. The lowest BCUT2D eigenvalue weighted by Gasteiger charge is -2.29. The molecule has 4 nitrogen and oxygen atoms in total. The number of nitrogens with zero attached hydrogens (tertiary/aromatic N) is 1. The second kappa shape index (κ2) is 3.30. The number of likely N-dealkylation sites (N-methyl/N-ethyl adjacent to an activating group) is 1. The Kier molecular flexibility index (Phi) is 2.18. The molecule has 1 N–H and O–H groups in total. The molecule has 1 fully saturated rings. The van der Waals surface area contributed by atoms with Gasteiger partial charge in [-0.1, -0.05) is 18.2 Å². The van der Waals surface area contributed by atoms with Crippen molar-refractivity contribution >= 4 is 11.9 Å². The van der Waals surface area contributed by atoms with Gasteiger partial charge in [-0.15, -0.1) is 0 Å². The number of carbonyl (C=O) groups is 2. The van der Waals surface area contributed by atoms with E-state index in [0.29, 0.717) is 0 Å². The summed E-state index contributed by atoms with van der Waals surface area (Å²) >= 11 is 0. The summed E-state index contributed by atoms with van der Waals surface area (Å²) in [4.78, 5) is 24.3. The van der Waals surface area contributed by atoms with Crippen molar-refractivity contribution in [2.45, 2.75) is 12.5 Å². The summed E-state index contributed by atoms with van der Waals surface area (Å²) in [5.74, 6) is -1.01. The van der Waals surface area contributed by atoms with Crippen LogP contribution in [-0.4, -0.2) is 23.9 Å². The third kappa shape index (κ3) is 1.21. The first kappa shape index (κ1) is 10.6. The molecule has 1 heterocycles. The Balaban J connectivity index is 2.58. The fourth-order valence-corrected chi connectivity index (χ4v) is 1.82. The number of hydrogen-bond acceptors (Lipinski definition) is 2. The number of amides is 3. The van der Waals surface area contributed by atoms with Gasteiger partial charge in [0, 0.05) is 12.6 Å². The second-order valence-electron chi connectivity index (χ2n) is 3.87. The molecule has 0 bridgehead atoms. The van der Waals surface area contributed by atoms with Crippen molar-refractivity contribution in [2.75, 3.05) is 7.05 Å². The van der Waals surface area contributed by atoms with Crippen LogP contribution in [0.15, 0.2) is 24.3 Å². The van der Waals surface area contributed by atoms with E-state index in [9.17, 15) is 14.0 Å². The van der Waals surface area contributed by atoms with E-state index < -0.39 is 23.3 Å². The molecule has 1 unspecified atom stereocenters. The van der Waals surface area contributed by atoms with Gasteiger partial charge in [0.15, 0.2) is 0 Å². The largest absolute Gasteiger partial charge is 0.325 e. The monoisotopic (exact) mass is 222 g/mol. The molecule has 1 aliphatic heterocycles. The molecule has 1 atom stereocenters. The Morgan fingerprint density at radius 3 is 2.44 bits per heavy atom. The van der Waals surface area contributed by atoms with Crippen LogP contribution >= 0.6 is 0 Å². The predicted molar refractivity (Wildman–Crippen MR) is 55.1 cm³/mol. The Morgan fingerprint density at radius 2 is 1.94 bits per heavy atom. The van der Waals surface area contributed by atoms with Gasteiger partial charge in [-0.25, -0.2) is 9.18 Å². The first-order chi connectivity index (χ1) is 7.48. The van der Waals surface area contributed by atoms with Crippen molar-refractivity contribution in [3.63, 3.8) is 0 Å². The van der Waals surface area contributed by atoms with Crippen LogP contribution in [0.2, 0.25) is 0 Å². The van der Waals surface area contributed by atoms with Gasteiger partial charge in [0.2, 0.25) is 0 Å². The van der Waals surface area contributed by atoms with Crippen LogP contribution in [0.3, 0.4) is 0 Å². The molecule has 0 aliphatic carbocycles. The molecule has 16 heavy (non-hydrogen) atoms. The first-order valence-electron chi connectivity index (χ1n) is 4.82. The average Bonchev–Trinajstić information content (AvgIpc) is 2.44. The van der Waals surface area contributed by atoms with Gasteiger partial charge in [-0.2, -0.15) is 0 Å². The van der Waals surface area contributed by atoms with Crippen molar-refractivity contribution in [3.8, 4) is 0 Å². The number of rotatable bonds is 1. The molecular formula is C11H11FN2O2. The van der Waals surface area contributed by atoms with Gasteiger partial charge in [0.1, 0.15) is 11.4 Å². The maximum Gasteiger partial charge on any atom is 0.325 e. The van der Waals surface area contributed by atoms with Crippen LogP contribution in [0.1, 0.15) is 12.5 Å². The number of benzene rings is 1. The van der Waals surface area contributed by atoms with E-state index in [0.717, 1.165) is 0 Å². The van der Waals surface area contributed by atoms with Crippen LogP contribution < -0.4 is 5.32 Å². The number of carbonyl (C=O) groups excluding carboxylic acids is 2. The lowest BCUT2D eigenvalue weighted by Crippen LogP contribution is -2.42. The third-order valence-electron chi connectivity index (χ3n) is 3.04. The number of imide groups is 1. The average molecular weight is 222 g/mol. The number of halogens is 1. The van der Waals surface area contributed by atoms with E-state index in [1.807, 2.05) is 0 Å². The minimum atomic E-state index is -1.28. The molecule has 1 saturated heterocycles. The number of nitrogens with one attached hydrogen (secondary N) is 1. The molecule has 3 amide bonds. The fourth-order valence-electron chi connectivity index (χ4n) is 1.82. The van der Waals surface area contributed by atoms with Crippen LogP contribution in [-0.2, 0) is 10.3 Å². The minimum absolute atomic E-state index is 0.195. The van der Waals surface area contributed by atoms with Gasteiger partial charge in [0.25, 0.3) is 5.91 Å². The van der Waals surface area contributed by atoms with E-state index in [4.69, 9.17) is 0 Å². The topological polar surface area (TPSA) is 49.4 Å². The summed E-state index contributed by atoms with van der Waals surface area (Å²) in [5, 5.41) is 2.16. The van der Waals surface area contributed by atoms with Crippen LogP contribution in [0.5, 0.6) is 0 Å². The summed E-state index contributed by atoms with van der Waals surface area (Å²) in [6, 6.07) is 5.43. The number of urea groups is 1. The lowest BCUT2D eigenvalue weighted by molar-refractivity contribution is -0.126. The molecule has 0 spiro atoms. The smallest absolute Gasteiger partial charge is 0.309 e. The molecule has 0 saturated carbocycles. The zero-order chi connectivity index (χ0) is 11.9. The zero-order valence-electron chi connectivity index (χ0n) is 8.95. The van der Waals surface area contributed by atoms with Crippen molar-refractivity contribution in [1.82, 2.24) is 10.2 Å².